The van der Waals surface area contributed by atoms with Gasteiger partial charge in [-0.2, -0.15) is 0 Å². The quantitative estimate of drug-likeness (QED) is 0.750. The maximum absolute atomic E-state index is 11.7. The standard InChI is InChI=1S/C9H10N4OS/c14-9-12-8(15)6-7(11-4-10-6)13(9)3-5-1-2-5/h4-5H,1-3H2,(H,10,11)(H,12,14,15). The van der Waals surface area contributed by atoms with Crippen LogP contribution in [0.2, 0.25) is 0 Å². The maximum atomic E-state index is 11.7. The number of aromatic nitrogens is 4. The Morgan fingerprint density at radius 3 is 3.13 bits per heavy atom. The van der Waals surface area contributed by atoms with Crippen LogP contribution in [-0.2, 0) is 6.54 Å². The van der Waals surface area contributed by atoms with Gasteiger partial charge in [0.05, 0.1) is 6.33 Å². The molecule has 0 aromatic carbocycles. The average molecular weight is 222 g/mol. The summed E-state index contributed by atoms with van der Waals surface area (Å²) in [6.07, 6.45) is 3.97. The summed E-state index contributed by atoms with van der Waals surface area (Å²) in [5, 5.41) is 0. The molecule has 0 saturated heterocycles. The van der Waals surface area contributed by atoms with E-state index < -0.39 is 0 Å². The lowest BCUT2D eigenvalue weighted by Gasteiger charge is -2.04. The predicted octanol–water partition coefficient (Wildman–Crippen LogP) is 1.19. The van der Waals surface area contributed by atoms with E-state index in [0.29, 0.717) is 16.2 Å². The van der Waals surface area contributed by atoms with Crippen LogP contribution >= 0.6 is 12.2 Å². The Hall–Kier alpha value is -1.43. The van der Waals surface area contributed by atoms with Crippen LogP contribution in [0.1, 0.15) is 12.8 Å². The predicted molar refractivity (Wildman–Crippen MR) is 58.3 cm³/mol. The zero-order chi connectivity index (χ0) is 10.4. The molecule has 1 fully saturated rings. The lowest BCUT2D eigenvalue weighted by atomic mass is 10.4. The van der Waals surface area contributed by atoms with Crippen LogP contribution in [0.3, 0.4) is 0 Å². The highest BCUT2D eigenvalue weighted by atomic mass is 32.1. The van der Waals surface area contributed by atoms with E-state index in [2.05, 4.69) is 15.0 Å². The van der Waals surface area contributed by atoms with Gasteiger partial charge in [0.1, 0.15) is 10.2 Å². The number of aromatic amines is 2. The molecule has 6 heteroatoms. The smallest absolute Gasteiger partial charge is 0.328 e. The van der Waals surface area contributed by atoms with Gasteiger partial charge in [-0.15, -0.1) is 0 Å². The van der Waals surface area contributed by atoms with Crippen LogP contribution in [0.25, 0.3) is 11.2 Å². The number of hydrogen-bond acceptors (Lipinski definition) is 3. The Labute approximate surface area is 90.2 Å². The fraction of sp³-hybridized carbons (Fsp3) is 0.444. The van der Waals surface area contributed by atoms with Gasteiger partial charge in [-0.1, -0.05) is 12.2 Å². The summed E-state index contributed by atoms with van der Waals surface area (Å²) in [6.45, 7) is 0.742. The van der Waals surface area contributed by atoms with Gasteiger partial charge in [0, 0.05) is 6.54 Å². The van der Waals surface area contributed by atoms with E-state index in [1.165, 1.54) is 12.8 Å². The van der Waals surface area contributed by atoms with Crippen LogP contribution in [0.4, 0.5) is 0 Å². The number of rotatable bonds is 2. The molecule has 0 unspecified atom stereocenters. The van der Waals surface area contributed by atoms with Crippen LogP contribution in [-0.4, -0.2) is 19.5 Å². The van der Waals surface area contributed by atoms with Gasteiger partial charge in [0.15, 0.2) is 5.65 Å². The SMILES string of the molecule is O=c1[nH]c(=S)c2[nH]cnc2n1CC1CC1. The molecule has 2 N–H and O–H groups in total. The molecule has 3 rings (SSSR count). The molecular formula is C9H10N4OS. The first-order valence-corrected chi connectivity index (χ1v) is 5.33. The molecule has 15 heavy (non-hydrogen) atoms. The first-order valence-electron chi connectivity index (χ1n) is 4.92. The van der Waals surface area contributed by atoms with E-state index in [0.717, 1.165) is 12.1 Å². The highest BCUT2D eigenvalue weighted by Gasteiger charge is 2.23. The first-order chi connectivity index (χ1) is 7.25. The number of nitrogens with zero attached hydrogens (tertiary/aromatic N) is 2. The molecule has 2 aromatic heterocycles. The van der Waals surface area contributed by atoms with E-state index in [1.807, 2.05) is 0 Å². The average Bonchev–Trinajstić information content (AvgIpc) is 2.87. The van der Waals surface area contributed by atoms with Crippen LogP contribution < -0.4 is 5.69 Å². The second kappa shape index (κ2) is 3.03. The van der Waals surface area contributed by atoms with E-state index >= 15 is 0 Å². The van der Waals surface area contributed by atoms with Gasteiger partial charge in [-0.05, 0) is 18.8 Å². The lowest BCUT2D eigenvalue weighted by Crippen LogP contribution is -2.24. The van der Waals surface area contributed by atoms with Crippen molar-refractivity contribution < 1.29 is 0 Å². The molecule has 1 aliphatic rings. The molecule has 0 aliphatic heterocycles. The van der Waals surface area contributed by atoms with Crippen molar-refractivity contribution in [1.29, 1.82) is 0 Å². The normalized spacial score (nSPS) is 16.0. The third kappa shape index (κ3) is 1.41. The summed E-state index contributed by atoms with van der Waals surface area (Å²) in [7, 11) is 0. The summed E-state index contributed by atoms with van der Waals surface area (Å²) in [4.78, 5) is 21.4. The minimum Gasteiger partial charge on any atom is -0.341 e. The lowest BCUT2D eigenvalue weighted by molar-refractivity contribution is 0.608. The molecular weight excluding hydrogens is 212 g/mol. The van der Waals surface area contributed by atoms with Gasteiger partial charge < -0.3 is 4.98 Å². The third-order valence-corrected chi connectivity index (χ3v) is 3.01. The number of imidazole rings is 1. The van der Waals surface area contributed by atoms with Crippen molar-refractivity contribution in [2.45, 2.75) is 19.4 Å². The number of hydrogen-bond donors (Lipinski definition) is 2. The zero-order valence-electron chi connectivity index (χ0n) is 7.99. The Kier molecular flexibility index (Phi) is 1.79. The molecule has 0 bridgehead atoms. The summed E-state index contributed by atoms with van der Waals surface area (Å²) in [5.41, 5.74) is 1.24. The van der Waals surface area contributed by atoms with Crippen molar-refractivity contribution >= 4 is 23.4 Å². The Balaban J connectivity index is 2.29. The molecule has 0 spiro atoms. The molecule has 0 atom stereocenters. The number of H-pyrrole nitrogens is 2. The summed E-state index contributed by atoms with van der Waals surface area (Å²) < 4.78 is 2.10. The maximum Gasteiger partial charge on any atom is 0.328 e. The Morgan fingerprint density at radius 2 is 2.40 bits per heavy atom. The molecule has 0 radical (unpaired) electrons. The van der Waals surface area contributed by atoms with Gasteiger partial charge in [0.25, 0.3) is 0 Å². The molecule has 78 valence electrons. The van der Waals surface area contributed by atoms with E-state index in [1.54, 1.807) is 10.9 Å². The second-order valence-corrected chi connectivity index (χ2v) is 4.32. The van der Waals surface area contributed by atoms with Crippen LogP contribution in [0, 0.1) is 10.6 Å². The fourth-order valence-corrected chi connectivity index (χ4v) is 1.95. The summed E-state index contributed by atoms with van der Waals surface area (Å²) in [6, 6.07) is 0. The Bertz CT molecular complexity index is 619. The number of nitrogens with one attached hydrogen (secondary N) is 2. The van der Waals surface area contributed by atoms with E-state index in [4.69, 9.17) is 12.2 Å². The first kappa shape index (κ1) is 8.84. The molecule has 0 amide bonds. The van der Waals surface area contributed by atoms with Gasteiger partial charge in [-0.3, -0.25) is 9.55 Å². The van der Waals surface area contributed by atoms with Crippen molar-refractivity contribution in [1.82, 2.24) is 19.5 Å². The fourth-order valence-electron chi connectivity index (χ4n) is 1.71. The monoisotopic (exact) mass is 222 g/mol. The second-order valence-electron chi connectivity index (χ2n) is 3.91. The van der Waals surface area contributed by atoms with E-state index in [9.17, 15) is 4.79 Å². The third-order valence-electron chi connectivity index (χ3n) is 2.71. The van der Waals surface area contributed by atoms with Crippen LogP contribution in [0.5, 0.6) is 0 Å². The molecule has 2 aromatic rings. The van der Waals surface area contributed by atoms with Crippen molar-refractivity contribution in [2.75, 3.05) is 0 Å². The highest BCUT2D eigenvalue weighted by molar-refractivity contribution is 7.71. The van der Waals surface area contributed by atoms with Gasteiger partial charge in [-0.25, -0.2) is 9.78 Å². The minimum absolute atomic E-state index is 0.161. The van der Waals surface area contributed by atoms with Crippen molar-refractivity contribution in [2.24, 2.45) is 5.92 Å². The molecule has 5 nitrogen and oxygen atoms in total. The van der Waals surface area contributed by atoms with E-state index in [-0.39, 0.29) is 5.69 Å². The van der Waals surface area contributed by atoms with Crippen molar-refractivity contribution in [3.05, 3.63) is 21.5 Å². The largest absolute Gasteiger partial charge is 0.341 e. The highest BCUT2D eigenvalue weighted by Crippen LogP contribution is 2.30. The summed E-state index contributed by atoms with van der Waals surface area (Å²) in [5.74, 6) is 0.631. The number of fused-ring (bicyclic) bond motifs is 1. The van der Waals surface area contributed by atoms with Crippen molar-refractivity contribution in [3.8, 4) is 0 Å². The Morgan fingerprint density at radius 1 is 1.60 bits per heavy atom. The van der Waals surface area contributed by atoms with Gasteiger partial charge >= 0.3 is 5.69 Å². The summed E-state index contributed by atoms with van der Waals surface area (Å²) >= 11 is 5.04. The van der Waals surface area contributed by atoms with Crippen molar-refractivity contribution in [3.63, 3.8) is 0 Å². The molecule has 2 heterocycles. The topological polar surface area (TPSA) is 66.5 Å². The van der Waals surface area contributed by atoms with Gasteiger partial charge in [0.2, 0.25) is 0 Å². The minimum atomic E-state index is -0.161. The molecule has 1 saturated carbocycles. The van der Waals surface area contributed by atoms with Crippen LogP contribution in [0.15, 0.2) is 11.1 Å². The zero-order valence-corrected chi connectivity index (χ0v) is 8.80. The molecule has 1 aliphatic carbocycles.